The number of halogens is 2. The van der Waals surface area contributed by atoms with Crippen LogP contribution in [0.5, 0.6) is 0 Å². The van der Waals surface area contributed by atoms with Crippen LogP contribution >= 0.6 is 11.6 Å². The van der Waals surface area contributed by atoms with Crippen LogP contribution in [0.1, 0.15) is 39.0 Å². The summed E-state index contributed by atoms with van der Waals surface area (Å²) in [6.45, 7) is 5.83. The number of carbonyl (C=O) groups excluding carboxylic acids is 2. The van der Waals surface area contributed by atoms with Gasteiger partial charge in [-0.1, -0.05) is 11.6 Å². The molecule has 4 aliphatic rings. The van der Waals surface area contributed by atoms with Crippen LogP contribution in [0.3, 0.4) is 0 Å². The van der Waals surface area contributed by atoms with E-state index in [0.717, 1.165) is 26.1 Å². The first kappa shape index (κ1) is 21.9. The smallest absolute Gasteiger partial charge is 0.322 e. The quantitative estimate of drug-likeness (QED) is 0.740. The minimum atomic E-state index is -0.601. The van der Waals surface area contributed by atoms with E-state index in [1.165, 1.54) is 48.8 Å². The van der Waals surface area contributed by atoms with Crippen LogP contribution in [0.2, 0.25) is 5.02 Å². The number of urea groups is 1. The van der Waals surface area contributed by atoms with E-state index >= 15 is 0 Å². The number of hydrogen-bond donors (Lipinski definition) is 1. The zero-order valence-corrected chi connectivity index (χ0v) is 19.1. The molecule has 1 N–H and O–H groups in total. The van der Waals surface area contributed by atoms with Crippen molar-refractivity contribution in [2.45, 2.75) is 57.3 Å². The molecule has 1 aromatic carbocycles. The lowest BCUT2D eigenvalue weighted by atomic mass is 9.93. The van der Waals surface area contributed by atoms with Crippen LogP contribution in [0.15, 0.2) is 18.2 Å². The number of benzene rings is 1. The van der Waals surface area contributed by atoms with Crippen LogP contribution < -0.4 is 5.32 Å². The van der Waals surface area contributed by atoms with E-state index in [2.05, 4.69) is 10.2 Å². The molecule has 3 aliphatic heterocycles. The summed E-state index contributed by atoms with van der Waals surface area (Å²) in [5.41, 5.74) is 1.04. The zero-order chi connectivity index (χ0) is 22.5. The molecule has 7 nitrogen and oxygen atoms in total. The van der Waals surface area contributed by atoms with E-state index in [9.17, 15) is 14.0 Å². The van der Waals surface area contributed by atoms with Crippen molar-refractivity contribution in [2.75, 3.05) is 38.1 Å². The van der Waals surface area contributed by atoms with E-state index in [4.69, 9.17) is 16.3 Å². The van der Waals surface area contributed by atoms with Gasteiger partial charge in [-0.3, -0.25) is 4.79 Å². The number of rotatable bonds is 4. The molecule has 3 unspecified atom stereocenters. The number of likely N-dealkylation sites (tertiary alicyclic amines) is 1. The first-order chi connectivity index (χ1) is 15.3. The molecule has 1 aromatic rings. The third-order valence-electron chi connectivity index (χ3n) is 7.70. The molecular weight excluding hydrogens is 435 g/mol. The lowest BCUT2D eigenvalue weighted by Crippen LogP contribution is -2.62. The highest BCUT2D eigenvalue weighted by atomic mass is 35.5. The second kappa shape index (κ2) is 8.47. The Labute approximate surface area is 192 Å². The molecule has 3 amide bonds. The molecule has 3 heterocycles. The average molecular weight is 465 g/mol. The summed E-state index contributed by atoms with van der Waals surface area (Å²) in [5, 5.41) is 2.63. The van der Waals surface area contributed by atoms with Gasteiger partial charge in [0.05, 0.1) is 24.2 Å². The molecule has 0 radical (unpaired) electrons. The van der Waals surface area contributed by atoms with Gasteiger partial charge in [0.1, 0.15) is 11.9 Å². The highest BCUT2D eigenvalue weighted by Gasteiger charge is 2.48. The fourth-order valence-corrected chi connectivity index (χ4v) is 5.45. The van der Waals surface area contributed by atoms with Crippen LogP contribution in [-0.4, -0.2) is 77.7 Å². The Morgan fingerprint density at radius 1 is 1.28 bits per heavy atom. The number of amides is 3. The first-order valence-electron chi connectivity index (χ1n) is 11.5. The Morgan fingerprint density at radius 3 is 2.72 bits per heavy atom. The van der Waals surface area contributed by atoms with Gasteiger partial charge in [-0.05, 0) is 75.7 Å². The molecule has 1 spiro atoms. The van der Waals surface area contributed by atoms with Gasteiger partial charge in [0.2, 0.25) is 5.91 Å². The van der Waals surface area contributed by atoms with E-state index in [1.807, 2.05) is 4.90 Å². The van der Waals surface area contributed by atoms with E-state index in [0.29, 0.717) is 24.3 Å². The summed E-state index contributed by atoms with van der Waals surface area (Å²) < 4.78 is 19.3. The molecule has 1 aliphatic carbocycles. The van der Waals surface area contributed by atoms with Crippen molar-refractivity contribution in [3.63, 3.8) is 0 Å². The van der Waals surface area contributed by atoms with Crippen molar-refractivity contribution in [3.8, 4) is 0 Å². The van der Waals surface area contributed by atoms with Gasteiger partial charge < -0.3 is 24.8 Å². The number of nitrogens with one attached hydrogen (secondary N) is 1. The Hall–Kier alpha value is -1.90. The molecular formula is C23H30ClFN4O3. The summed E-state index contributed by atoms with van der Waals surface area (Å²) in [6, 6.07) is 3.01. The third kappa shape index (κ3) is 4.20. The normalized spacial score (nSPS) is 29.3. The minimum absolute atomic E-state index is 0.0490. The number of ether oxygens (including phenoxy) is 1. The maximum atomic E-state index is 13.4. The number of piperidine rings is 1. The van der Waals surface area contributed by atoms with Crippen molar-refractivity contribution in [1.29, 1.82) is 0 Å². The van der Waals surface area contributed by atoms with Crippen molar-refractivity contribution in [2.24, 2.45) is 5.41 Å². The molecule has 3 saturated heterocycles. The third-order valence-corrected chi connectivity index (χ3v) is 7.99. The SMILES string of the molecule is CC1C(=O)N2C(CCN3CCC4(CC3)CC4)COC2CN1C(=O)Nc1ccc(F)c(Cl)c1. The van der Waals surface area contributed by atoms with Crippen LogP contribution in [0, 0.1) is 11.2 Å². The summed E-state index contributed by atoms with van der Waals surface area (Å²) in [6.07, 6.45) is 5.87. The molecule has 32 heavy (non-hydrogen) atoms. The monoisotopic (exact) mass is 464 g/mol. The van der Waals surface area contributed by atoms with Crippen molar-refractivity contribution in [1.82, 2.24) is 14.7 Å². The van der Waals surface area contributed by atoms with Crippen LogP contribution in [-0.2, 0) is 9.53 Å². The molecule has 9 heteroatoms. The number of hydrogen-bond acceptors (Lipinski definition) is 4. The molecule has 4 fully saturated rings. The molecule has 174 valence electrons. The van der Waals surface area contributed by atoms with E-state index in [1.54, 1.807) is 6.92 Å². The second-order valence-corrected chi connectivity index (χ2v) is 10.1. The fraction of sp³-hybridized carbons (Fsp3) is 0.652. The Balaban J connectivity index is 1.17. The molecule has 1 saturated carbocycles. The number of carbonyl (C=O) groups is 2. The van der Waals surface area contributed by atoms with Crippen LogP contribution in [0.25, 0.3) is 0 Å². The standard InChI is InChI=1S/C23H30ClFN4O3/c1-15-21(30)29-17(4-9-27-10-7-23(5-6-23)8-11-27)14-32-20(29)13-28(15)22(31)26-16-2-3-19(25)18(24)12-16/h2-3,12,15,17,20H,4-11,13-14H2,1H3,(H,26,31). The lowest BCUT2D eigenvalue weighted by molar-refractivity contribution is -0.150. The van der Waals surface area contributed by atoms with Crippen molar-refractivity contribution < 1.29 is 18.7 Å². The predicted octanol–water partition coefficient (Wildman–Crippen LogP) is 3.53. The minimum Gasteiger partial charge on any atom is -0.354 e. The Morgan fingerprint density at radius 2 is 2.03 bits per heavy atom. The summed E-state index contributed by atoms with van der Waals surface area (Å²) in [7, 11) is 0. The van der Waals surface area contributed by atoms with Crippen molar-refractivity contribution in [3.05, 3.63) is 29.0 Å². The van der Waals surface area contributed by atoms with E-state index < -0.39 is 24.1 Å². The van der Waals surface area contributed by atoms with Gasteiger partial charge in [0, 0.05) is 12.2 Å². The second-order valence-electron chi connectivity index (χ2n) is 9.71. The fourth-order valence-electron chi connectivity index (χ4n) is 5.27. The van der Waals surface area contributed by atoms with Gasteiger partial charge in [-0.25, -0.2) is 9.18 Å². The lowest BCUT2D eigenvalue weighted by Gasteiger charge is -2.42. The van der Waals surface area contributed by atoms with Gasteiger partial charge in [-0.2, -0.15) is 0 Å². The number of nitrogens with zero attached hydrogens (tertiary/aromatic N) is 3. The number of anilines is 1. The van der Waals surface area contributed by atoms with Gasteiger partial charge in [0.15, 0.2) is 6.23 Å². The van der Waals surface area contributed by atoms with Gasteiger partial charge in [-0.15, -0.1) is 0 Å². The maximum absolute atomic E-state index is 13.4. The largest absolute Gasteiger partial charge is 0.354 e. The predicted molar refractivity (Wildman–Crippen MR) is 119 cm³/mol. The Kier molecular flexibility index (Phi) is 5.80. The Bertz CT molecular complexity index is 901. The molecule has 0 aromatic heterocycles. The average Bonchev–Trinajstić information content (AvgIpc) is 3.40. The topological polar surface area (TPSA) is 65.1 Å². The van der Waals surface area contributed by atoms with Gasteiger partial charge >= 0.3 is 6.03 Å². The van der Waals surface area contributed by atoms with Crippen molar-refractivity contribution >= 4 is 29.2 Å². The van der Waals surface area contributed by atoms with E-state index in [-0.39, 0.29) is 17.0 Å². The maximum Gasteiger partial charge on any atom is 0.322 e. The first-order valence-corrected chi connectivity index (χ1v) is 11.9. The molecule has 3 atom stereocenters. The summed E-state index contributed by atoms with van der Waals surface area (Å²) in [4.78, 5) is 31.8. The zero-order valence-electron chi connectivity index (χ0n) is 18.4. The summed E-state index contributed by atoms with van der Waals surface area (Å²) >= 11 is 5.80. The number of fused-ring (bicyclic) bond motifs is 1. The molecule has 0 bridgehead atoms. The van der Waals surface area contributed by atoms with Crippen LogP contribution in [0.4, 0.5) is 14.9 Å². The number of piperazine rings is 1. The molecule has 5 rings (SSSR count). The van der Waals surface area contributed by atoms with Gasteiger partial charge in [0.25, 0.3) is 0 Å². The summed E-state index contributed by atoms with van der Waals surface area (Å²) in [5.74, 6) is -0.643. The highest BCUT2D eigenvalue weighted by molar-refractivity contribution is 6.31. The highest BCUT2D eigenvalue weighted by Crippen LogP contribution is 2.53.